The molecule has 4 aromatic heterocycles. The summed E-state index contributed by atoms with van der Waals surface area (Å²) in [6.45, 7) is 4.30. The van der Waals surface area contributed by atoms with E-state index in [-0.39, 0.29) is 6.04 Å². The molecule has 6 heteroatoms. The van der Waals surface area contributed by atoms with Gasteiger partial charge in [0.15, 0.2) is 0 Å². The number of fused-ring (bicyclic) bond motifs is 2. The van der Waals surface area contributed by atoms with E-state index in [1.54, 1.807) is 17.5 Å². The first kappa shape index (κ1) is 19.5. The standard InChI is InChI=1S/C25H22N4OS/c1-2-16-10-28-14-25-22(16)9-24(31-25)18-8-20(13-27-11-18)30-15-19(26)7-17-12-29-23-6-4-3-5-21(17)23/h2-6,8-14,19,29H,1,7,15,26H2/t19-/m0/s1. The van der Waals surface area contributed by atoms with E-state index in [0.29, 0.717) is 12.4 Å². The van der Waals surface area contributed by atoms with Crippen molar-refractivity contribution in [2.45, 2.75) is 12.5 Å². The highest BCUT2D eigenvalue weighted by Crippen LogP contribution is 2.35. The number of nitrogens with two attached hydrogens (primary N) is 1. The van der Waals surface area contributed by atoms with Gasteiger partial charge in [-0.2, -0.15) is 0 Å². The van der Waals surface area contributed by atoms with Crippen molar-refractivity contribution in [3.8, 4) is 16.2 Å². The summed E-state index contributed by atoms with van der Waals surface area (Å²) in [4.78, 5) is 13.1. The van der Waals surface area contributed by atoms with Gasteiger partial charge < -0.3 is 15.5 Å². The molecule has 5 nitrogen and oxygen atoms in total. The van der Waals surface area contributed by atoms with Crippen LogP contribution in [0.2, 0.25) is 0 Å². The number of H-pyrrole nitrogens is 1. The molecule has 0 unspecified atom stereocenters. The smallest absolute Gasteiger partial charge is 0.138 e. The maximum atomic E-state index is 6.36. The molecule has 154 valence electrons. The monoisotopic (exact) mass is 426 g/mol. The zero-order valence-electron chi connectivity index (χ0n) is 16.9. The number of nitrogens with zero attached hydrogens (tertiary/aromatic N) is 2. The molecule has 0 aliphatic heterocycles. The molecule has 1 atom stereocenters. The zero-order valence-corrected chi connectivity index (χ0v) is 17.7. The second-order valence-corrected chi connectivity index (χ2v) is 8.58. The quantitative estimate of drug-likeness (QED) is 0.364. The van der Waals surface area contributed by atoms with Crippen LogP contribution >= 0.6 is 11.3 Å². The van der Waals surface area contributed by atoms with Gasteiger partial charge in [-0.25, -0.2) is 0 Å². The Morgan fingerprint density at radius 3 is 2.87 bits per heavy atom. The number of hydrogen-bond donors (Lipinski definition) is 2. The van der Waals surface area contributed by atoms with Gasteiger partial charge in [-0.3, -0.25) is 9.97 Å². The number of benzene rings is 1. The van der Waals surface area contributed by atoms with Crippen LogP contribution < -0.4 is 10.5 Å². The van der Waals surface area contributed by atoms with Gasteiger partial charge in [0.1, 0.15) is 12.4 Å². The molecule has 5 aromatic rings. The summed E-state index contributed by atoms with van der Waals surface area (Å²) in [6.07, 6.45) is 11.9. The Morgan fingerprint density at radius 2 is 1.97 bits per heavy atom. The highest BCUT2D eigenvalue weighted by Gasteiger charge is 2.12. The van der Waals surface area contributed by atoms with Crippen molar-refractivity contribution >= 4 is 38.4 Å². The second-order valence-electron chi connectivity index (χ2n) is 7.50. The molecule has 0 radical (unpaired) electrons. The lowest BCUT2D eigenvalue weighted by Gasteiger charge is -2.13. The van der Waals surface area contributed by atoms with Gasteiger partial charge in [0.05, 0.1) is 10.9 Å². The third-order valence-corrected chi connectivity index (χ3v) is 6.43. The molecular formula is C25H22N4OS. The number of thiophene rings is 1. The van der Waals surface area contributed by atoms with Crippen LogP contribution in [0.5, 0.6) is 5.75 Å². The molecule has 0 fully saturated rings. The van der Waals surface area contributed by atoms with Gasteiger partial charge in [-0.05, 0) is 30.2 Å². The van der Waals surface area contributed by atoms with E-state index in [1.807, 2.05) is 49.1 Å². The molecule has 0 bridgehead atoms. The first-order chi connectivity index (χ1) is 15.2. The van der Waals surface area contributed by atoms with Gasteiger partial charge in [0, 0.05) is 63.1 Å². The predicted molar refractivity (Wildman–Crippen MR) is 128 cm³/mol. The number of nitrogens with one attached hydrogen (secondary N) is 1. The largest absolute Gasteiger partial charge is 0.490 e. The molecule has 31 heavy (non-hydrogen) atoms. The van der Waals surface area contributed by atoms with Crippen molar-refractivity contribution in [1.29, 1.82) is 0 Å². The maximum absolute atomic E-state index is 6.36. The predicted octanol–water partition coefficient (Wildman–Crippen LogP) is 5.43. The number of hydrogen-bond acceptors (Lipinski definition) is 5. The summed E-state index contributed by atoms with van der Waals surface area (Å²) in [5, 5.41) is 2.36. The fourth-order valence-electron chi connectivity index (χ4n) is 3.76. The van der Waals surface area contributed by atoms with E-state index in [9.17, 15) is 0 Å². The average molecular weight is 427 g/mol. The van der Waals surface area contributed by atoms with Crippen LogP contribution in [-0.4, -0.2) is 27.6 Å². The third-order valence-electron chi connectivity index (χ3n) is 5.32. The highest BCUT2D eigenvalue weighted by atomic mass is 32.1. The highest BCUT2D eigenvalue weighted by molar-refractivity contribution is 7.22. The van der Waals surface area contributed by atoms with Gasteiger partial charge in [0.25, 0.3) is 0 Å². The van der Waals surface area contributed by atoms with E-state index in [0.717, 1.165) is 38.0 Å². The van der Waals surface area contributed by atoms with Crippen molar-refractivity contribution in [2.75, 3.05) is 6.61 Å². The van der Waals surface area contributed by atoms with E-state index in [1.165, 1.54) is 10.9 Å². The topological polar surface area (TPSA) is 76.8 Å². The fraction of sp³-hybridized carbons (Fsp3) is 0.120. The van der Waals surface area contributed by atoms with Crippen LogP contribution in [0.3, 0.4) is 0 Å². The molecule has 0 aliphatic carbocycles. The van der Waals surface area contributed by atoms with Gasteiger partial charge in [0.2, 0.25) is 0 Å². The summed E-state index contributed by atoms with van der Waals surface area (Å²) in [6, 6.07) is 12.3. The first-order valence-corrected chi connectivity index (χ1v) is 10.9. The van der Waals surface area contributed by atoms with Crippen LogP contribution in [0.15, 0.2) is 74.0 Å². The Hall–Kier alpha value is -3.48. The van der Waals surface area contributed by atoms with E-state index < -0.39 is 0 Å². The average Bonchev–Trinajstić information content (AvgIpc) is 3.42. The van der Waals surface area contributed by atoms with Gasteiger partial charge in [-0.15, -0.1) is 11.3 Å². The minimum atomic E-state index is -0.117. The van der Waals surface area contributed by atoms with Crippen molar-refractivity contribution in [2.24, 2.45) is 5.73 Å². The van der Waals surface area contributed by atoms with Crippen molar-refractivity contribution in [3.63, 3.8) is 0 Å². The lowest BCUT2D eigenvalue weighted by atomic mass is 10.1. The molecule has 4 heterocycles. The SMILES string of the molecule is C=Cc1cncc2sc(-c3cncc(OC[C@@H](N)Cc4c[nH]c5ccccc45)c3)cc12. The number of aromatic amines is 1. The zero-order chi connectivity index (χ0) is 21.2. The van der Waals surface area contributed by atoms with E-state index in [2.05, 4.69) is 39.7 Å². The maximum Gasteiger partial charge on any atom is 0.138 e. The molecular weight excluding hydrogens is 404 g/mol. The number of rotatable bonds is 7. The van der Waals surface area contributed by atoms with Crippen molar-refractivity contribution in [3.05, 3.63) is 85.1 Å². The Balaban J connectivity index is 1.30. The molecule has 5 rings (SSSR count). The lowest BCUT2D eigenvalue weighted by molar-refractivity contribution is 0.287. The normalized spacial score (nSPS) is 12.3. The molecule has 1 aromatic carbocycles. The Labute approximate surface area is 184 Å². The summed E-state index contributed by atoms with van der Waals surface area (Å²) in [5.41, 5.74) is 10.7. The minimum Gasteiger partial charge on any atom is -0.490 e. The number of pyridine rings is 2. The van der Waals surface area contributed by atoms with Crippen molar-refractivity contribution in [1.82, 2.24) is 15.0 Å². The van der Waals surface area contributed by atoms with Gasteiger partial charge >= 0.3 is 0 Å². The van der Waals surface area contributed by atoms with Crippen LogP contribution in [0.25, 0.3) is 37.5 Å². The molecule has 3 N–H and O–H groups in total. The van der Waals surface area contributed by atoms with Crippen LogP contribution in [0, 0.1) is 0 Å². The molecule has 0 spiro atoms. The van der Waals surface area contributed by atoms with Gasteiger partial charge in [-0.1, -0.05) is 30.9 Å². The first-order valence-electron chi connectivity index (χ1n) is 10.1. The second kappa shape index (κ2) is 8.34. The van der Waals surface area contributed by atoms with E-state index in [4.69, 9.17) is 10.5 Å². The third kappa shape index (κ3) is 3.95. The van der Waals surface area contributed by atoms with Crippen LogP contribution in [-0.2, 0) is 6.42 Å². The number of aromatic nitrogens is 3. The Kier molecular flexibility index (Phi) is 5.24. The summed E-state index contributed by atoms with van der Waals surface area (Å²) in [7, 11) is 0. The minimum absolute atomic E-state index is 0.117. The molecule has 0 saturated heterocycles. The van der Waals surface area contributed by atoms with Crippen molar-refractivity contribution < 1.29 is 4.74 Å². The van der Waals surface area contributed by atoms with Crippen LogP contribution in [0.4, 0.5) is 0 Å². The molecule has 0 saturated carbocycles. The fourth-order valence-corrected chi connectivity index (χ4v) is 4.81. The summed E-state index contributed by atoms with van der Waals surface area (Å²) < 4.78 is 7.11. The summed E-state index contributed by atoms with van der Waals surface area (Å²) >= 11 is 1.68. The molecule has 0 aliphatic rings. The molecule has 0 amide bonds. The lowest BCUT2D eigenvalue weighted by Crippen LogP contribution is -2.30. The summed E-state index contributed by atoms with van der Waals surface area (Å²) in [5.74, 6) is 0.714. The van der Waals surface area contributed by atoms with Crippen LogP contribution in [0.1, 0.15) is 11.1 Å². The Bertz CT molecular complexity index is 1370. The van der Waals surface area contributed by atoms with E-state index >= 15 is 0 Å². The number of ether oxygens (including phenoxy) is 1. The Morgan fingerprint density at radius 1 is 1.10 bits per heavy atom. The number of para-hydroxylation sites is 1.